The molecular weight excluding hydrogens is 315 g/mol. The molecule has 0 heterocycles. The van der Waals surface area contributed by atoms with Gasteiger partial charge in [0, 0.05) is 11.4 Å². The van der Waals surface area contributed by atoms with Crippen molar-refractivity contribution in [2.24, 2.45) is 0 Å². The molecule has 3 rings (SSSR count). The van der Waals surface area contributed by atoms with E-state index < -0.39 is 0 Å². The maximum absolute atomic E-state index is 6.28. The van der Waals surface area contributed by atoms with Crippen molar-refractivity contribution in [2.75, 3.05) is 10.6 Å². The molecule has 0 bridgehead atoms. The zero-order chi connectivity index (χ0) is 15.4. The van der Waals surface area contributed by atoms with E-state index in [1.807, 2.05) is 66.7 Å². The largest absolute Gasteiger partial charge is 0.354 e. The van der Waals surface area contributed by atoms with Gasteiger partial charge in [-0.05, 0) is 36.4 Å². The van der Waals surface area contributed by atoms with Gasteiger partial charge in [0.15, 0.2) is 0 Å². The molecule has 0 amide bonds. The lowest BCUT2D eigenvalue weighted by Crippen LogP contribution is -1.95. The lowest BCUT2D eigenvalue weighted by atomic mass is 10.2. The number of nitrogens with one attached hydrogen (secondary N) is 2. The van der Waals surface area contributed by atoms with Gasteiger partial charge in [-0.1, -0.05) is 59.6 Å². The first-order valence-electron chi connectivity index (χ1n) is 6.85. The van der Waals surface area contributed by atoms with Crippen molar-refractivity contribution in [3.8, 4) is 0 Å². The molecule has 110 valence electrons. The molecule has 0 aromatic heterocycles. The number of hydrogen-bond donors (Lipinski definition) is 2. The lowest BCUT2D eigenvalue weighted by Gasteiger charge is -2.14. The Kier molecular flexibility index (Phi) is 4.52. The van der Waals surface area contributed by atoms with E-state index in [9.17, 15) is 0 Å². The lowest BCUT2D eigenvalue weighted by molar-refractivity contribution is 1.51. The zero-order valence-electron chi connectivity index (χ0n) is 11.7. The predicted octanol–water partition coefficient (Wildman–Crippen LogP) is 6.48. The van der Waals surface area contributed by atoms with E-state index in [1.54, 1.807) is 6.07 Å². The summed E-state index contributed by atoms with van der Waals surface area (Å²) >= 11 is 12.6. The summed E-state index contributed by atoms with van der Waals surface area (Å²) in [5.74, 6) is 0. The molecule has 0 saturated carbocycles. The molecule has 2 N–H and O–H groups in total. The summed E-state index contributed by atoms with van der Waals surface area (Å²) in [6.07, 6.45) is 0. The fourth-order valence-electron chi connectivity index (χ4n) is 2.09. The Morgan fingerprint density at radius 3 is 1.36 bits per heavy atom. The molecule has 22 heavy (non-hydrogen) atoms. The Bertz CT molecular complexity index is 696. The van der Waals surface area contributed by atoms with Crippen LogP contribution in [0.25, 0.3) is 0 Å². The standard InChI is InChI=1S/C18H14Cl2N2/c19-15-11-16(20)18(22-14-9-5-2-6-10-14)12-17(15)21-13-7-3-1-4-8-13/h1-12,21-22H. The molecule has 4 heteroatoms. The van der Waals surface area contributed by atoms with Gasteiger partial charge >= 0.3 is 0 Å². The first-order valence-corrected chi connectivity index (χ1v) is 7.61. The number of benzene rings is 3. The van der Waals surface area contributed by atoms with Gasteiger partial charge < -0.3 is 10.6 Å². The number of rotatable bonds is 4. The molecule has 0 spiro atoms. The van der Waals surface area contributed by atoms with Crippen molar-refractivity contribution >= 4 is 46.0 Å². The molecule has 3 aromatic carbocycles. The van der Waals surface area contributed by atoms with Crippen molar-refractivity contribution in [3.63, 3.8) is 0 Å². The molecular formula is C18H14Cl2N2. The van der Waals surface area contributed by atoms with Gasteiger partial charge in [-0.2, -0.15) is 0 Å². The van der Waals surface area contributed by atoms with Crippen LogP contribution >= 0.6 is 23.2 Å². The molecule has 0 fully saturated rings. The summed E-state index contributed by atoms with van der Waals surface area (Å²) in [6.45, 7) is 0. The number of anilines is 4. The van der Waals surface area contributed by atoms with Crippen LogP contribution in [0, 0.1) is 0 Å². The Morgan fingerprint density at radius 2 is 0.955 bits per heavy atom. The van der Waals surface area contributed by atoms with Crippen LogP contribution in [0.15, 0.2) is 72.8 Å². The smallest absolute Gasteiger partial charge is 0.0657 e. The monoisotopic (exact) mass is 328 g/mol. The molecule has 0 atom stereocenters. The van der Waals surface area contributed by atoms with E-state index in [2.05, 4.69) is 10.6 Å². The second-order valence-electron chi connectivity index (χ2n) is 4.79. The SMILES string of the molecule is Clc1cc(Cl)c(Nc2ccccc2)cc1Nc1ccccc1. The van der Waals surface area contributed by atoms with Gasteiger partial charge in [-0.25, -0.2) is 0 Å². The topological polar surface area (TPSA) is 24.1 Å². The van der Waals surface area contributed by atoms with Gasteiger partial charge in [0.25, 0.3) is 0 Å². The minimum atomic E-state index is 0.576. The van der Waals surface area contributed by atoms with E-state index in [-0.39, 0.29) is 0 Å². The highest BCUT2D eigenvalue weighted by Crippen LogP contribution is 2.35. The number of para-hydroxylation sites is 2. The van der Waals surface area contributed by atoms with E-state index in [4.69, 9.17) is 23.2 Å². The third-order valence-electron chi connectivity index (χ3n) is 3.16. The fraction of sp³-hybridized carbons (Fsp3) is 0. The average Bonchev–Trinajstić information content (AvgIpc) is 2.54. The predicted molar refractivity (Wildman–Crippen MR) is 95.9 cm³/mol. The maximum Gasteiger partial charge on any atom is 0.0657 e. The molecule has 0 aliphatic heterocycles. The van der Waals surface area contributed by atoms with Crippen molar-refractivity contribution in [2.45, 2.75) is 0 Å². The average molecular weight is 329 g/mol. The van der Waals surface area contributed by atoms with E-state index in [0.29, 0.717) is 10.0 Å². The highest BCUT2D eigenvalue weighted by molar-refractivity contribution is 6.38. The summed E-state index contributed by atoms with van der Waals surface area (Å²) in [5, 5.41) is 7.74. The van der Waals surface area contributed by atoms with Gasteiger partial charge in [0.2, 0.25) is 0 Å². The van der Waals surface area contributed by atoms with Crippen molar-refractivity contribution in [3.05, 3.63) is 82.8 Å². The first kappa shape index (κ1) is 14.8. The van der Waals surface area contributed by atoms with Gasteiger partial charge in [-0.15, -0.1) is 0 Å². The Morgan fingerprint density at radius 1 is 0.545 bits per heavy atom. The van der Waals surface area contributed by atoms with Crippen LogP contribution in [0.2, 0.25) is 10.0 Å². The van der Waals surface area contributed by atoms with Gasteiger partial charge in [-0.3, -0.25) is 0 Å². The van der Waals surface area contributed by atoms with Crippen molar-refractivity contribution in [1.29, 1.82) is 0 Å². The number of hydrogen-bond acceptors (Lipinski definition) is 2. The third kappa shape index (κ3) is 3.53. The molecule has 3 aromatic rings. The molecule has 0 aliphatic rings. The summed E-state index contributed by atoms with van der Waals surface area (Å²) in [5.41, 5.74) is 3.54. The van der Waals surface area contributed by atoms with Crippen LogP contribution in [0.1, 0.15) is 0 Å². The molecule has 0 unspecified atom stereocenters. The van der Waals surface area contributed by atoms with Crippen LogP contribution < -0.4 is 10.6 Å². The molecule has 2 nitrogen and oxygen atoms in total. The van der Waals surface area contributed by atoms with Crippen molar-refractivity contribution < 1.29 is 0 Å². The Labute approximate surface area is 139 Å². The van der Waals surface area contributed by atoms with Gasteiger partial charge in [0.1, 0.15) is 0 Å². The normalized spacial score (nSPS) is 10.3. The van der Waals surface area contributed by atoms with Gasteiger partial charge in [0.05, 0.1) is 21.4 Å². The second kappa shape index (κ2) is 6.73. The zero-order valence-corrected chi connectivity index (χ0v) is 13.2. The van der Waals surface area contributed by atoms with Crippen LogP contribution in [-0.4, -0.2) is 0 Å². The molecule has 0 aliphatic carbocycles. The molecule has 0 radical (unpaired) electrons. The number of halogens is 2. The summed E-state index contributed by atoms with van der Waals surface area (Å²) in [7, 11) is 0. The highest BCUT2D eigenvalue weighted by atomic mass is 35.5. The van der Waals surface area contributed by atoms with Crippen molar-refractivity contribution in [1.82, 2.24) is 0 Å². The second-order valence-corrected chi connectivity index (χ2v) is 5.61. The Balaban J connectivity index is 1.90. The third-order valence-corrected chi connectivity index (χ3v) is 3.79. The van der Waals surface area contributed by atoms with Crippen LogP contribution in [0.5, 0.6) is 0 Å². The summed E-state index contributed by atoms with van der Waals surface area (Å²) < 4.78 is 0. The van der Waals surface area contributed by atoms with E-state index >= 15 is 0 Å². The van der Waals surface area contributed by atoms with E-state index in [0.717, 1.165) is 22.7 Å². The maximum atomic E-state index is 6.28. The van der Waals surface area contributed by atoms with Crippen LogP contribution in [-0.2, 0) is 0 Å². The molecule has 0 saturated heterocycles. The highest BCUT2D eigenvalue weighted by Gasteiger charge is 2.08. The quantitative estimate of drug-likeness (QED) is 0.572. The minimum Gasteiger partial charge on any atom is -0.354 e. The minimum absolute atomic E-state index is 0.576. The Hall–Kier alpha value is -2.16. The summed E-state index contributed by atoms with van der Waals surface area (Å²) in [6, 6.07) is 23.4. The van der Waals surface area contributed by atoms with Crippen LogP contribution in [0.4, 0.5) is 22.7 Å². The van der Waals surface area contributed by atoms with E-state index in [1.165, 1.54) is 0 Å². The van der Waals surface area contributed by atoms with Crippen LogP contribution in [0.3, 0.4) is 0 Å². The summed E-state index contributed by atoms with van der Waals surface area (Å²) in [4.78, 5) is 0. The first-order chi connectivity index (χ1) is 10.7. The fourth-order valence-corrected chi connectivity index (χ4v) is 2.57.